The highest BCUT2D eigenvalue weighted by molar-refractivity contribution is 5.76. The van der Waals surface area contributed by atoms with Gasteiger partial charge in [0, 0.05) is 37.7 Å². The van der Waals surface area contributed by atoms with Gasteiger partial charge in [0.25, 0.3) is 0 Å². The Balaban J connectivity index is 2.47. The summed E-state index contributed by atoms with van der Waals surface area (Å²) in [4.78, 5) is 13.7. The monoisotopic (exact) mass is 278 g/mol. The van der Waals surface area contributed by atoms with E-state index in [1.54, 1.807) is 6.07 Å². The van der Waals surface area contributed by atoms with E-state index < -0.39 is 0 Å². The van der Waals surface area contributed by atoms with Gasteiger partial charge in [0.05, 0.1) is 0 Å². The summed E-state index contributed by atoms with van der Waals surface area (Å²) in [6.45, 7) is 10.0. The lowest BCUT2D eigenvalue weighted by atomic mass is 10.0. The molecule has 0 fully saturated rings. The SMILES string of the molecule is CCN(CC)C(=O)CCNC(C)c1ccc(C)cc1O. The maximum absolute atomic E-state index is 11.9. The van der Waals surface area contributed by atoms with Gasteiger partial charge in [0.15, 0.2) is 0 Å². The summed E-state index contributed by atoms with van der Waals surface area (Å²) in [5.41, 5.74) is 1.90. The molecule has 0 aliphatic carbocycles. The Hall–Kier alpha value is -1.55. The number of aryl methyl sites for hydroxylation is 1. The molecule has 112 valence electrons. The van der Waals surface area contributed by atoms with Gasteiger partial charge in [-0.3, -0.25) is 4.79 Å². The number of amides is 1. The van der Waals surface area contributed by atoms with Crippen molar-refractivity contribution in [3.63, 3.8) is 0 Å². The van der Waals surface area contributed by atoms with E-state index >= 15 is 0 Å². The highest BCUT2D eigenvalue weighted by Gasteiger charge is 2.12. The van der Waals surface area contributed by atoms with Gasteiger partial charge in [-0.1, -0.05) is 12.1 Å². The average molecular weight is 278 g/mol. The normalized spacial score (nSPS) is 12.2. The van der Waals surface area contributed by atoms with Gasteiger partial charge in [-0.05, 0) is 39.3 Å². The quantitative estimate of drug-likeness (QED) is 0.806. The topological polar surface area (TPSA) is 52.6 Å². The molecule has 0 saturated carbocycles. The van der Waals surface area contributed by atoms with Crippen molar-refractivity contribution in [2.45, 2.75) is 40.2 Å². The molecule has 1 atom stereocenters. The molecule has 20 heavy (non-hydrogen) atoms. The summed E-state index contributed by atoms with van der Waals surface area (Å²) in [6, 6.07) is 5.69. The summed E-state index contributed by atoms with van der Waals surface area (Å²) in [6.07, 6.45) is 0.485. The highest BCUT2D eigenvalue weighted by atomic mass is 16.3. The summed E-state index contributed by atoms with van der Waals surface area (Å²) in [5, 5.41) is 13.2. The minimum Gasteiger partial charge on any atom is -0.508 e. The zero-order chi connectivity index (χ0) is 15.1. The summed E-state index contributed by atoms with van der Waals surface area (Å²) in [7, 11) is 0. The number of carbonyl (C=O) groups is 1. The number of hydrogen-bond donors (Lipinski definition) is 2. The van der Waals surface area contributed by atoms with E-state index in [9.17, 15) is 9.90 Å². The van der Waals surface area contributed by atoms with Crippen molar-refractivity contribution in [1.82, 2.24) is 10.2 Å². The summed E-state index contributed by atoms with van der Waals surface area (Å²) in [5.74, 6) is 0.475. The Labute approximate surface area is 121 Å². The van der Waals surface area contributed by atoms with Crippen LogP contribution in [0.2, 0.25) is 0 Å². The number of phenols is 1. The van der Waals surface area contributed by atoms with Crippen LogP contribution in [0.3, 0.4) is 0 Å². The molecular formula is C16H26N2O2. The summed E-state index contributed by atoms with van der Waals surface area (Å²) >= 11 is 0. The Bertz CT molecular complexity index is 442. The first-order valence-corrected chi connectivity index (χ1v) is 7.30. The third kappa shape index (κ3) is 4.53. The first kappa shape index (κ1) is 16.5. The Morgan fingerprint density at radius 1 is 1.35 bits per heavy atom. The zero-order valence-corrected chi connectivity index (χ0v) is 12.9. The number of rotatable bonds is 7. The van der Waals surface area contributed by atoms with Crippen LogP contribution in [0.4, 0.5) is 0 Å². The van der Waals surface area contributed by atoms with Crippen molar-refractivity contribution >= 4 is 5.91 Å². The first-order valence-electron chi connectivity index (χ1n) is 7.30. The van der Waals surface area contributed by atoms with Crippen LogP contribution in [0.5, 0.6) is 5.75 Å². The fourth-order valence-corrected chi connectivity index (χ4v) is 2.26. The van der Waals surface area contributed by atoms with Crippen molar-refractivity contribution in [3.8, 4) is 5.75 Å². The molecule has 0 bridgehead atoms. The molecule has 0 spiro atoms. The van der Waals surface area contributed by atoms with Crippen LogP contribution >= 0.6 is 0 Å². The zero-order valence-electron chi connectivity index (χ0n) is 12.9. The number of nitrogens with zero attached hydrogens (tertiary/aromatic N) is 1. The third-order valence-corrected chi connectivity index (χ3v) is 3.56. The van der Waals surface area contributed by atoms with Crippen molar-refractivity contribution in [2.24, 2.45) is 0 Å². The van der Waals surface area contributed by atoms with Gasteiger partial charge in [-0.25, -0.2) is 0 Å². The van der Waals surface area contributed by atoms with E-state index in [0.717, 1.165) is 24.2 Å². The van der Waals surface area contributed by atoms with Gasteiger partial charge in [-0.15, -0.1) is 0 Å². The summed E-state index contributed by atoms with van der Waals surface area (Å²) < 4.78 is 0. The van der Waals surface area contributed by atoms with Gasteiger partial charge >= 0.3 is 0 Å². The molecule has 1 unspecified atom stereocenters. The molecule has 1 rings (SSSR count). The number of nitrogens with one attached hydrogen (secondary N) is 1. The molecule has 0 saturated heterocycles. The second-order valence-electron chi connectivity index (χ2n) is 5.05. The Kier molecular flexibility index (Phi) is 6.52. The van der Waals surface area contributed by atoms with Gasteiger partial charge in [0.2, 0.25) is 5.91 Å². The van der Waals surface area contributed by atoms with E-state index in [-0.39, 0.29) is 11.9 Å². The van der Waals surface area contributed by atoms with Crippen LogP contribution < -0.4 is 5.32 Å². The molecule has 4 nitrogen and oxygen atoms in total. The van der Waals surface area contributed by atoms with Crippen molar-refractivity contribution < 1.29 is 9.90 Å². The Morgan fingerprint density at radius 2 is 2.00 bits per heavy atom. The van der Waals surface area contributed by atoms with Gasteiger partial charge in [-0.2, -0.15) is 0 Å². The first-order chi connectivity index (χ1) is 9.49. The van der Waals surface area contributed by atoms with Crippen LogP contribution in [0.1, 0.15) is 44.4 Å². The second-order valence-corrected chi connectivity index (χ2v) is 5.05. The van der Waals surface area contributed by atoms with Gasteiger partial charge in [0.1, 0.15) is 5.75 Å². The lowest BCUT2D eigenvalue weighted by Gasteiger charge is -2.20. The van der Waals surface area contributed by atoms with E-state index in [2.05, 4.69) is 5.32 Å². The number of aromatic hydroxyl groups is 1. The van der Waals surface area contributed by atoms with Crippen molar-refractivity contribution in [1.29, 1.82) is 0 Å². The van der Waals surface area contributed by atoms with Crippen LogP contribution in [0.25, 0.3) is 0 Å². The smallest absolute Gasteiger partial charge is 0.223 e. The van der Waals surface area contributed by atoms with Crippen LogP contribution in [-0.2, 0) is 4.79 Å². The number of benzene rings is 1. The minimum atomic E-state index is 0.0279. The largest absolute Gasteiger partial charge is 0.508 e. The number of carbonyl (C=O) groups excluding carboxylic acids is 1. The fourth-order valence-electron chi connectivity index (χ4n) is 2.26. The fraction of sp³-hybridized carbons (Fsp3) is 0.562. The molecule has 0 radical (unpaired) electrons. The molecule has 0 aliphatic rings. The molecular weight excluding hydrogens is 252 g/mol. The van der Waals surface area contributed by atoms with Crippen molar-refractivity contribution in [3.05, 3.63) is 29.3 Å². The molecule has 0 aliphatic heterocycles. The average Bonchev–Trinajstić information content (AvgIpc) is 2.39. The molecule has 4 heteroatoms. The van der Waals surface area contributed by atoms with Crippen LogP contribution in [0, 0.1) is 6.92 Å². The standard InChI is InChI=1S/C16H26N2O2/c1-5-18(6-2)16(20)9-10-17-13(4)14-8-7-12(3)11-15(14)19/h7-8,11,13,17,19H,5-6,9-10H2,1-4H3. The van der Waals surface area contributed by atoms with Crippen LogP contribution in [0.15, 0.2) is 18.2 Å². The van der Waals surface area contributed by atoms with Crippen LogP contribution in [-0.4, -0.2) is 35.5 Å². The second kappa shape index (κ2) is 7.90. The third-order valence-electron chi connectivity index (χ3n) is 3.56. The number of phenolic OH excluding ortho intramolecular Hbond substituents is 1. The predicted molar refractivity (Wildman–Crippen MR) is 81.8 cm³/mol. The highest BCUT2D eigenvalue weighted by Crippen LogP contribution is 2.24. The van der Waals surface area contributed by atoms with Crippen molar-refractivity contribution in [2.75, 3.05) is 19.6 Å². The maximum Gasteiger partial charge on any atom is 0.223 e. The van der Waals surface area contributed by atoms with Gasteiger partial charge < -0.3 is 15.3 Å². The lowest BCUT2D eigenvalue weighted by molar-refractivity contribution is -0.130. The molecule has 1 aromatic rings. The minimum absolute atomic E-state index is 0.0279. The number of hydrogen-bond acceptors (Lipinski definition) is 3. The van der Waals surface area contributed by atoms with E-state index in [1.807, 2.05) is 44.7 Å². The maximum atomic E-state index is 11.9. The predicted octanol–water partition coefficient (Wildman–Crippen LogP) is 2.61. The van der Waals surface area contributed by atoms with E-state index in [1.165, 1.54) is 0 Å². The Morgan fingerprint density at radius 3 is 2.55 bits per heavy atom. The molecule has 2 N–H and O–H groups in total. The molecule has 1 amide bonds. The lowest BCUT2D eigenvalue weighted by Crippen LogP contribution is -2.33. The van der Waals surface area contributed by atoms with E-state index in [0.29, 0.717) is 18.7 Å². The molecule has 0 aromatic heterocycles. The molecule has 1 aromatic carbocycles. The molecule has 0 heterocycles. The van der Waals surface area contributed by atoms with E-state index in [4.69, 9.17) is 0 Å².